The van der Waals surface area contributed by atoms with E-state index in [1.807, 2.05) is 25.1 Å². The van der Waals surface area contributed by atoms with Crippen molar-refractivity contribution < 1.29 is 17.9 Å². The fourth-order valence-electron chi connectivity index (χ4n) is 4.45. The normalized spacial score (nSPS) is 22.2. The highest BCUT2D eigenvalue weighted by atomic mass is 35.5. The van der Waals surface area contributed by atoms with Crippen LogP contribution in [0.1, 0.15) is 36.1 Å². The molecule has 0 saturated heterocycles. The van der Waals surface area contributed by atoms with Gasteiger partial charge >= 0.3 is 6.18 Å². The van der Waals surface area contributed by atoms with Gasteiger partial charge in [0.25, 0.3) is 0 Å². The molecule has 1 aliphatic heterocycles. The van der Waals surface area contributed by atoms with Crippen LogP contribution in [0.25, 0.3) is 5.57 Å². The predicted octanol–water partition coefficient (Wildman–Crippen LogP) is 5.45. The molecule has 0 N–H and O–H groups in total. The fraction of sp³-hybridized carbons (Fsp3) is 0.381. The first-order chi connectivity index (χ1) is 13.3. The van der Waals surface area contributed by atoms with Crippen molar-refractivity contribution >= 4 is 17.2 Å². The number of rotatable bonds is 3. The maximum absolute atomic E-state index is 13.4. The van der Waals surface area contributed by atoms with Gasteiger partial charge in [-0.05, 0) is 42.0 Å². The van der Waals surface area contributed by atoms with E-state index in [1.165, 1.54) is 12.0 Å². The number of nitrogens with zero attached hydrogens (tertiary/aromatic N) is 2. The Balaban J connectivity index is 1.88. The lowest BCUT2D eigenvalue weighted by atomic mass is 9.85. The minimum atomic E-state index is -4.30. The van der Waals surface area contributed by atoms with Gasteiger partial charge in [0.2, 0.25) is 0 Å². The topological polar surface area (TPSA) is 25.4 Å². The van der Waals surface area contributed by atoms with Crippen LogP contribution in [0.15, 0.2) is 42.1 Å². The zero-order valence-electron chi connectivity index (χ0n) is 15.6. The number of aromatic nitrogens is 1. The number of alkyl halides is 3. The second-order valence-corrected chi connectivity index (χ2v) is 7.72. The van der Waals surface area contributed by atoms with Crippen LogP contribution in [0, 0.1) is 0 Å². The van der Waals surface area contributed by atoms with E-state index in [1.54, 1.807) is 12.3 Å². The number of hydrogen-bond donors (Lipinski definition) is 0. The molecule has 4 rings (SSSR count). The molecule has 148 valence electrons. The third-order valence-electron chi connectivity index (χ3n) is 5.58. The molecule has 7 heteroatoms. The summed E-state index contributed by atoms with van der Waals surface area (Å²) in [7, 11) is 1.49. The molecule has 1 aromatic carbocycles. The minimum absolute atomic E-state index is 0.246. The van der Waals surface area contributed by atoms with Crippen molar-refractivity contribution in [2.24, 2.45) is 0 Å². The van der Waals surface area contributed by atoms with E-state index in [0.29, 0.717) is 24.2 Å². The minimum Gasteiger partial charge on any atom is -0.496 e. The molecule has 0 spiro atoms. The largest absolute Gasteiger partial charge is 0.496 e. The van der Waals surface area contributed by atoms with Gasteiger partial charge in [-0.2, -0.15) is 13.2 Å². The summed E-state index contributed by atoms with van der Waals surface area (Å²) in [5, 5.41) is 0.246. The third-order valence-corrected chi connectivity index (χ3v) is 5.78. The van der Waals surface area contributed by atoms with Gasteiger partial charge < -0.3 is 4.74 Å². The molecule has 1 aromatic heterocycles. The SMILES string of the molecule is COc1cc(Cl)ncc1[C@@H]1C2=C(C[C@@H](C)N1CC(F)(F)F)c1ccccc1C2. The van der Waals surface area contributed by atoms with Gasteiger partial charge in [-0.1, -0.05) is 35.9 Å². The van der Waals surface area contributed by atoms with Gasteiger partial charge in [-0.25, -0.2) is 4.98 Å². The summed E-state index contributed by atoms with van der Waals surface area (Å²) in [4.78, 5) is 5.65. The molecule has 0 radical (unpaired) electrons. The Labute approximate surface area is 166 Å². The van der Waals surface area contributed by atoms with Crippen molar-refractivity contribution in [3.05, 3.63) is 63.9 Å². The highest BCUT2D eigenvalue weighted by Crippen LogP contribution is 2.50. The third kappa shape index (κ3) is 3.40. The second kappa shape index (κ2) is 7.08. The van der Waals surface area contributed by atoms with E-state index in [4.69, 9.17) is 16.3 Å². The molecule has 2 heterocycles. The molecule has 0 bridgehead atoms. The number of ether oxygens (including phenoxy) is 1. The Morgan fingerprint density at radius 3 is 2.75 bits per heavy atom. The number of hydrogen-bond acceptors (Lipinski definition) is 3. The van der Waals surface area contributed by atoms with Crippen LogP contribution in [-0.2, 0) is 6.42 Å². The molecule has 28 heavy (non-hydrogen) atoms. The van der Waals surface area contributed by atoms with Crippen LogP contribution in [0.3, 0.4) is 0 Å². The Morgan fingerprint density at radius 1 is 1.29 bits per heavy atom. The molecule has 3 nitrogen and oxygen atoms in total. The molecule has 0 amide bonds. The second-order valence-electron chi connectivity index (χ2n) is 7.33. The molecule has 2 aromatic rings. The summed E-state index contributed by atoms with van der Waals surface area (Å²) in [5.41, 5.74) is 5.04. The summed E-state index contributed by atoms with van der Waals surface area (Å²) in [6.07, 6.45) is -1.55. The molecular weight excluding hydrogens is 389 g/mol. The van der Waals surface area contributed by atoms with E-state index in [-0.39, 0.29) is 11.2 Å². The standard InChI is InChI=1S/C21H20ClF3N2O/c1-12-7-15-14-6-4-3-5-13(14)8-16(15)20(27(12)11-21(23,24)25)17-10-26-19(22)9-18(17)28-2/h3-6,9-10,12,20H,7-8,11H2,1-2H3/t12-,20+/m1/s1. The summed E-state index contributed by atoms with van der Waals surface area (Å²) in [6.45, 7) is 0.858. The zero-order valence-corrected chi connectivity index (χ0v) is 16.3. The number of benzene rings is 1. The first-order valence-electron chi connectivity index (χ1n) is 9.10. The fourth-order valence-corrected chi connectivity index (χ4v) is 4.60. The first kappa shape index (κ1) is 19.3. The maximum atomic E-state index is 13.4. The van der Waals surface area contributed by atoms with Crippen molar-refractivity contribution in [2.45, 2.75) is 38.0 Å². The van der Waals surface area contributed by atoms with E-state index in [0.717, 1.165) is 22.3 Å². The summed E-state index contributed by atoms with van der Waals surface area (Å²) >= 11 is 5.99. The van der Waals surface area contributed by atoms with Crippen molar-refractivity contribution in [1.82, 2.24) is 9.88 Å². The molecular formula is C21H20ClF3N2O. The van der Waals surface area contributed by atoms with Gasteiger partial charge in [-0.3, -0.25) is 4.90 Å². The van der Waals surface area contributed by atoms with Crippen LogP contribution in [0.4, 0.5) is 13.2 Å². The predicted molar refractivity (Wildman–Crippen MR) is 102 cm³/mol. The van der Waals surface area contributed by atoms with E-state index < -0.39 is 18.8 Å². The van der Waals surface area contributed by atoms with Crippen LogP contribution < -0.4 is 4.74 Å². The average molecular weight is 409 g/mol. The smallest absolute Gasteiger partial charge is 0.401 e. The van der Waals surface area contributed by atoms with Gasteiger partial charge in [0, 0.05) is 23.9 Å². The van der Waals surface area contributed by atoms with Crippen LogP contribution >= 0.6 is 11.6 Å². The first-order valence-corrected chi connectivity index (χ1v) is 9.48. The highest BCUT2D eigenvalue weighted by Gasteiger charge is 2.44. The average Bonchev–Trinajstić information content (AvgIpc) is 3.00. The Kier molecular flexibility index (Phi) is 4.88. The highest BCUT2D eigenvalue weighted by molar-refractivity contribution is 6.29. The molecule has 0 saturated carbocycles. The molecule has 2 atom stereocenters. The Hall–Kier alpha value is -2.05. The van der Waals surface area contributed by atoms with E-state index >= 15 is 0 Å². The van der Waals surface area contributed by atoms with Crippen molar-refractivity contribution in [3.8, 4) is 5.75 Å². The number of fused-ring (bicyclic) bond motifs is 2. The monoisotopic (exact) mass is 408 g/mol. The van der Waals surface area contributed by atoms with Crippen LogP contribution in [0.5, 0.6) is 5.75 Å². The van der Waals surface area contributed by atoms with Crippen LogP contribution in [0.2, 0.25) is 5.15 Å². The summed E-state index contributed by atoms with van der Waals surface area (Å²) in [5.74, 6) is 0.453. The number of halogens is 4. The number of pyridine rings is 1. The van der Waals surface area contributed by atoms with Crippen molar-refractivity contribution in [3.63, 3.8) is 0 Å². The molecule has 1 aliphatic carbocycles. The van der Waals surface area contributed by atoms with Gasteiger partial charge in [0.15, 0.2) is 0 Å². The Morgan fingerprint density at radius 2 is 2.04 bits per heavy atom. The van der Waals surface area contributed by atoms with Crippen molar-refractivity contribution in [2.75, 3.05) is 13.7 Å². The lowest BCUT2D eigenvalue weighted by Gasteiger charge is -2.42. The maximum Gasteiger partial charge on any atom is 0.401 e. The van der Waals surface area contributed by atoms with Crippen LogP contribution in [-0.4, -0.2) is 35.8 Å². The summed E-state index contributed by atoms with van der Waals surface area (Å²) < 4.78 is 45.8. The lowest BCUT2D eigenvalue weighted by molar-refractivity contribution is -0.155. The Bertz CT molecular complexity index is 941. The molecule has 2 aliphatic rings. The van der Waals surface area contributed by atoms with Crippen molar-refractivity contribution in [1.29, 1.82) is 0 Å². The van der Waals surface area contributed by atoms with Gasteiger partial charge in [0.05, 0.1) is 19.7 Å². The van der Waals surface area contributed by atoms with E-state index in [2.05, 4.69) is 11.1 Å². The number of methoxy groups -OCH3 is 1. The lowest BCUT2D eigenvalue weighted by Crippen LogP contribution is -2.46. The summed E-state index contributed by atoms with van der Waals surface area (Å²) in [6, 6.07) is 8.75. The molecule has 0 unspecified atom stereocenters. The molecule has 0 fully saturated rings. The quantitative estimate of drug-likeness (QED) is 0.631. The van der Waals surface area contributed by atoms with E-state index in [9.17, 15) is 13.2 Å². The van der Waals surface area contributed by atoms with Gasteiger partial charge in [0.1, 0.15) is 10.9 Å². The zero-order chi connectivity index (χ0) is 20.1. The van der Waals surface area contributed by atoms with Gasteiger partial charge in [-0.15, -0.1) is 0 Å².